The highest BCUT2D eigenvalue weighted by atomic mass is 16.5. The molecular weight excluding hydrogens is 306 g/mol. The first kappa shape index (κ1) is 15.4. The molecule has 1 atom stereocenters. The van der Waals surface area contributed by atoms with Crippen LogP contribution in [0, 0.1) is 11.3 Å². The summed E-state index contributed by atoms with van der Waals surface area (Å²) >= 11 is 0. The Morgan fingerprint density at radius 2 is 1.92 bits per heavy atom. The maximum Gasteiger partial charge on any atom is 0.330 e. The third-order valence-electron chi connectivity index (χ3n) is 3.64. The molecule has 0 aliphatic rings. The van der Waals surface area contributed by atoms with E-state index in [-0.39, 0.29) is 11.6 Å². The van der Waals surface area contributed by atoms with E-state index in [4.69, 9.17) is 5.26 Å². The number of imidazole rings is 1. The number of ether oxygens (including phenoxy) is 1. The lowest BCUT2D eigenvalue weighted by molar-refractivity contribution is -0.141. The number of hydrogen-bond donors (Lipinski definition) is 1. The highest BCUT2D eigenvalue weighted by Crippen LogP contribution is 2.21. The van der Waals surface area contributed by atoms with Gasteiger partial charge in [0.05, 0.1) is 24.2 Å². The summed E-state index contributed by atoms with van der Waals surface area (Å²) in [5.41, 5.74) is 2.23. The van der Waals surface area contributed by atoms with Crippen molar-refractivity contribution >= 4 is 22.8 Å². The molecule has 1 N–H and O–H groups in total. The molecule has 0 aliphatic heterocycles. The monoisotopic (exact) mass is 319 g/mol. The topological polar surface area (TPSA) is 95.8 Å². The molecule has 0 saturated heterocycles. The van der Waals surface area contributed by atoms with E-state index in [0.29, 0.717) is 22.2 Å². The number of aromatic nitrogens is 2. The SMILES string of the molecule is COC(=O)C(C#N)c1nc2ccc(C(=O)c3ccccc3)cc2[nH]1. The third kappa shape index (κ3) is 2.75. The molecule has 24 heavy (non-hydrogen) atoms. The minimum absolute atomic E-state index is 0.113. The van der Waals surface area contributed by atoms with Gasteiger partial charge in [0, 0.05) is 11.1 Å². The van der Waals surface area contributed by atoms with E-state index in [1.807, 2.05) is 12.1 Å². The number of carbonyl (C=O) groups excluding carboxylic acids is 2. The fraction of sp³-hybridized carbons (Fsp3) is 0.111. The van der Waals surface area contributed by atoms with Crippen LogP contribution in [-0.2, 0) is 9.53 Å². The van der Waals surface area contributed by atoms with Crippen LogP contribution in [0.5, 0.6) is 0 Å². The Hall–Kier alpha value is -3.46. The summed E-state index contributed by atoms with van der Waals surface area (Å²) in [7, 11) is 1.21. The second-order valence-corrected chi connectivity index (χ2v) is 5.13. The molecule has 0 radical (unpaired) electrons. The number of hydrogen-bond acceptors (Lipinski definition) is 5. The molecule has 0 fully saturated rings. The van der Waals surface area contributed by atoms with Crippen LogP contribution in [-0.4, -0.2) is 28.8 Å². The van der Waals surface area contributed by atoms with Crippen LogP contribution in [0.15, 0.2) is 48.5 Å². The number of nitrogens with one attached hydrogen (secondary N) is 1. The molecule has 2 aromatic carbocycles. The number of ketones is 1. The number of H-pyrrole nitrogens is 1. The van der Waals surface area contributed by atoms with Crippen molar-refractivity contribution in [2.75, 3.05) is 7.11 Å². The third-order valence-corrected chi connectivity index (χ3v) is 3.64. The van der Waals surface area contributed by atoms with Crippen molar-refractivity contribution in [2.24, 2.45) is 0 Å². The van der Waals surface area contributed by atoms with Crippen molar-refractivity contribution in [2.45, 2.75) is 5.92 Å². The number of nitrogens with zero attached hydrogens (tertiary/aromatic N) is 2. The number of esters is 1. The normalized spacial score (nSPS) is 11.7. The van der Waals surface area contributed by atoms with Gasteiger partial charge in [0.2, 0.25) is 5.92 Å². The van der Waals surface area contributed by atoms with E-state index < -0.39 is 11.9 Å². The van der Waals surface area contributed by atoms with Crippen molar-refractivity contribution in [3.8, 4) is 6.07 Å². The summed E-state index contributed by atoms with van der Waals surface area (Å²) in [4.78, 5) is 31.3. The molecular formula is C18H13N3O3. The summed E-state index contributed by atoms with van der Waals surface area (Å²) in [6.07, 6.45) is 0. The van der Waals surface area contributed by atoms with Gasteiger partial charge in [-0.25, -0.2) is 4.98 Å². The first-order valence-corrected chi connectivity index (χ1v) is 7.21. The van der Waals surface area contributed by atoms with E-state index in [0.717, 1.165) is 0 Å². The smallest absolute Gasteiger partial charge is 0.330 e. The van der Waals surface area contributed by atoms with Crippen LogP contribution in [0.2, 0.25) is 0 Å². The molecule has 118 valence electrons. The summed E-state index contributed by atoms with van der Waals surface area (Å²) in [6, 6.07) is 15.8. The zero-order chi connectivity index (χ0) is 17.1. The van der Waals surface area contributed by atoms with Gasteiger partial charge in [-0.15, -0.1) is 0 Å². The standard InChI is InChI=1S/C18H13N3O3/c1-24-18(23)13(10-19)17-20-14-8-7-12(9-15(14)21-17)16(22)11-5-3-2-4-6-11/h2-9,13H,1H3,(H,20,21). The summed E-state index contributed by atoms with van der Waals surface area (Å²) in [6.45, 7) is 0. The van der Waals surface area contributed by atoms with Gasteiger partial charge < -0.3 is 9.72 Å². The summed E-state index contributed by atoms with van der Waals surface area (Å²) in [5.74, 6) is -1.73. The lowest BCUT2D eigenvalue weighted by Gasteiger charge is -2.02. The van der Waals surface area contributed by atoms with Gasteiger partial charge in [-0.1, -0.05) is 30.3 Å². The predicted octanol–water partition coefficient (Wildman–Crippen LogP) is 2.57. The highest BCUT2D eigenvalue weighted by molar-refractivity contribution is 6.10. The average Bonchev–Trinajstić information content (AvgIpc) is 3.04. The van der Waals surface area contributed by atoms with Crippen molar-refractivity contribution in [1.82, 2.24) is 9.97 Å². The Kier molecular flexibility index (Phi) is 4.08. The van der Waals surface area contributed by atoms with Gasteiger partial charge in [-0.3, -0.25) is 9.59 Å². The highest BCUT2D eigenvalue weighted by Gasteiger charge is 2.24. The molecule has 0 spiro atoms. The fourth-order valence-corrected chi connectivity index (χ4v) is 2.41. The Morgan fingerprint density at radius 1 is 1.17 bits per heavy atom. The van der Waals surface area contributed by atoms with E-state index >= 15 is 0 Å². The molecule has 0 bridgehead atoms. The van der Waals surface area contributed by atoms with E-state index in [1.165, 1.54) is 7.11 Å². The van der Waals surface area contributed by atoms with Gasteiger partial charge in [0.15, 0.2) is 5.78 Å². The Labute approximate surface area is 137 Å². The van der Waals surface area contributed by atoms with E-state index in [1.54, 1.807) is 42.5 Å². The van der Waals surface area contributed by atoms with Crippen LogP contribution in [0.3, 0.4) is 0 Å². The van der Waals surface area contributed by atoms with Gasteiger partial charge in [-0.05, 0) is 18.2 Å². The van der Waals surface area contributed by atoms with Crippen LogP contribution >= 0.6 is 0 Å². The van der Waals surface area contributed by atoms with Gasteiger partial charge in [-0.2, -0.15) is 5.26 Å². The van der Waals surface area contributed by atoms with Crippen molar-refractivity contribution in [1.29, 1.82) is 5.26 Å². The van der Waals surface area contributed by atoms with Gasteiger partial charge in [0.25, 0.3) is 0 Å². The van der Waals surface area contributed by atoms with Crippen molar-refractivity contribution in [3.05, 3.63) is 65.5 Å². The molecule has 3 rings (SSSR count). The quantitative estimate of drug-likeness (QED) is 0.589. The van der Waals surface area contributed by atoms with Crippen molar-refractivity contribution < 1.29 is 14.3 Å². The van der Waals surface area contributed by atoms with Gasteiger partial charge >= 0.3 is 5.97 Å². The first-order valence-electron chi connectivity index (χ1n) is 7.21. The second kappa shape index (κ2) is 6.34. The largest absolute Gasteiger partial charge is 0.468 e. The first-order chi connectivity index (χ1) is 11.6. The Bertz CT molecular complexity index is 955. The molecule has 6 nitrogen and oxygen atoms in total. The molecule has 3 aromatic rings. The molecule has 1 unspecified atom stereocenters. The average molecular weight is 319 g/mol. The number of methoxy groups -OCH3 is 1. The van der Waals surface area contributed by atoms with E-state index in [2.05, 4.69) is 14.7 Å². The number of nitriles is 1. The zero-order valence-electron chi connectivity index (χ0n) is 12.8. The number of rotatable bonds is 4. The van der Waals surface area contributed by atoms with Crippen molar-refractivity contribution in [3.63, 3.8) is 0 Å². The maximum atomic E-state index is 12.5. The Morgan fingerprint density at radius 3 is 2.58 bits per heavy atom. The van der Waals surface area contributed by atoms with Crippen LogP contribution in [0.1, 0.15) is 27.7 Å². The second-order valence-electron chi connectivity index (χ2n) is 5.13. The van der Waals surface area contributed by atoms with Crippen LogP contribution in [0.25, 0.3) is 11.0 Å². The maximum absolute atomic E-state index is 12.5. The lowest BCUT2D eigenvalue weighted by atomic mass is 10.0. The molecule has 0 aliphatic carbocycles. The number of benzene rings is 2. The molecule has 0 amide bonds. The minimum Gasteiger partial charge on any atom is -0.468 e. The van der Waals surface area contributed by atoms with Crippen LogP contribution in [0.4, 0.5) is 0 Å². The fourth-order valence-electron chi connectivity index (χ4n) is 2.41. The molecule has 0 saturated carbocycles. The summed E-state index contributed by atoms with van der Waals surface area (Å²) in [5, 5.41) is 9.13. The summed E-state index contributed by atoms with van der Waals surface area (Å²) < 4.78 is 4.60. The lowest BCUT2D eigenvalue weighted by Crippen LogP contribution is -2.13. The Balaban J connectivity index is 1.99. The number of aromatic amines is 1. The van der Waals surface area contributed by atoms with Gasteiger partial charge in [0.1, 0.15) is 5.82 Å². The molecule has 1 heterocycles. The molecule has 1 aromatic heterocycles. The van der Waals surface area contributed by atoms with E-state index in [9.17, 15) is 9.59 Å². The number of carbonyl (C=O) groups is 2. The predicted molar refractivity (Wildman–Crippen MR) is 86.3 cm³/mol. The number of fused-ring (bicyclic) bond motifs is 1. The minimum atomic E-state index is -1.13. The van der Waals surface area contributed by atoms with Crippen LogP contribution < -0.4 is 0 Å². The molecule has 6 heteroatoms. The zero-order valence-corrected chi connectivity index (χ0v) is 12.8.